The quantitative estimate of drug-likeness (QED) is 0.490. The van der Waals surface area contributed by atoms with Gasteiger partial charge in [-0.1, -0.05) is 12.1 Å². The van der Waals surface area contributed by atoms with Crippen LogP contribution in [0.4, 0.5) is 0 Å². The predicted octanol–water partition coefficient (Wildman–Crippen LogP) is 0.963. The third-order valence-corrected chi connectivity index (χ3v) is 5.15. The Morgan fingerprint density at radius 3 is 2.81 bits per heavy atom. The number of aliphatic imine (C=N–C) groups is 1. The van der Waals surface area contributed by atoms with Gasteiger partial charge in [-0.15, -0.1) is 0 Å². The zero-order valence-electron chi connectivity index (χ0n) is 16.5. The van der Waals surface area contributed by atoms with Gasteiger partial charge in [-0.3, -0.25) is 9.79 Å². The third-order valence-electron chi connectivity index (χ3n) is 5.15. The van der Waals surface area contributed by atoms with Crippen molar-refractivity contribution in [3.63, 3.8) is 0 Å². The number of hydrogen-bond donors (Lipinski definition) is 3. The summed E-state index contributed by atoms with van der Waals surface area (Å²) in [4.78, 5) is 18.6. The highest BCUT2D eigenvalue weighted by Crippen LogP contribution is 2.34. The van der Waals surface area contributed by atoms with Crippen molar-refractivity contribution in [2.24, 2.45) is 4.99 Å². The second-order valence-corrected chi connectivity index (χ2v) is 7.55. The molecule has 0 aliphatic carbocycles. The lowest BCUT2D eigenvalue weighted by atomic mass is 9.96. The normalized spacial score (nSPS) is 24.3. The van der Waals surface area contributed by atoms with E-state index in [1.807, 2.05) is 43.3 Å². The maximum absolute atomic E-state index is 12.3. The van der Waals surface area contributed by atoms with Crippen LogP contribution in [0.5, 0.6) is 0 Å². The first-order valence-electron chi connectivity index (χ1n) is 9.69. The van der Waals surface area contributed by atoms with Crippen LogP contribution in [0.1, 0.15) is 35.2 Å². The molecule has 3 rings (SSSR count). The fourth-order valence-corrected chi connectivity index (χ4v) is 3.66. The highest BCUT2D eigenvalue weighted by molar-refractivity contribution is 5.94. The van der Waals surface area contributed by atoms with Crippen LogP contribution >= 0.6 is 0 Å². The van der Waals surface area contributed by atoms with Crippen molar-refractivity contribution < 1.29 is 9.53 Å². The molecular weight excluding hydrogens is 342 g/mol. The van der Waals surface area contributed by atoms with E-state index in [-0.39, 0.29) is 5.91 Å². The number of fused-ring (bicyclic) bond motifs is 2. The summed E-state index contributed by atoms with van der Waals surface area (Å²) in [6, 6.07) is 8.03. The largest absolute Gasteiger partial charge is 0.373 e. The number of ether oxygens (including phenoxy) is 1. The molecule has 2 fully saturated rings. The molecule has 0 aromatic heterocycles. The van der Waals surface area contributed by atoms with Crippen LogP contribution in [-0.4, -0.2) is 69.2 Å². The molecule has 0 radical (unpaired) electrons. The van der Waals surface area contributed by atoms with Crippen molar-refractivity contribution in [2.75, 3.05) is 34.2 Å². The Labute approximate surface area is 161 Å². The molecule has 3 N–H and O–H groups in total. The number of guanidine groups is 1. The molecule has 2 aliphatic rings. The van der Waals surface area contributed by atoms with Gasteiger partial charge in [-0.2, -0.15) is 0 Å². The summed E-state index contributed by atoms with van der Waals surface area (Å²) >= 11 is 0. The summed E-state index contributed by atoms with van der Waals surface area (Å²) in [6.45, 7) is 2.07. The van der Waals surface area contributed by atoms with Gasteiger partial charge in [0.2, 0.25) is 0 Å². The van der Waals surface area contributed by atoms with Gasteiger partial charge in [0.05, 0.1) is 18.2 Å². The summed E-state index contributed by atoms with van der Waals surface area (Å²) in [5, 5.41) is 9.76. The van der Waals surface area contributed by atoms with Crippen molar-refractivity contribution in [1.82, 2.24) is 20.9 Å². The molecule has 2 saturated heterocycles. The Bertz CT molecular complexity index is 676. The van der Waals surface area contributed by atoms with Crippen molar-refractivity contribution in [1.29, 1.82) is 0 Å². The zero-order valence-corrected chi connectivity index (χ0v) is 16.5. The topological polar surface area (TPSA) is 78.0 Å². The Hall–Kier alpha value is -2.12. The number of nitrogens with one attached hydrogen (secondary N) is 3. The number of benzene rings is 1. The maximum atomic E-state index is 12.3. The maximum Gasteiger partial charge on any atom is 0.251 e. The van der Waals surface area contributed by atoms with E-state index in [1.165, 1.54) is 6.42 Å². The van der Waals surface area contributed by atoms with E-state index in [2.05, 4.69) is 20.9 Å². The Morgan fingerprint density at radius 2 is 2.15 bits per heavy atom. The second kappa shape index (κ2) is 9.19. The van der Waals surface area contributed by atoms with E-state index in [4.69, 9.17) is 4.74 Å². The van der Waals surface area contributed by atoms with Crippen LogP contribution in [0.25, 0.3) is 0 Å². The first-order chi connectivity index (χ1) is 13.0. The molecule has 1 aromatic carbocycles. The summed E-state index contributed by atoms with van der Waals surface area (Å²) < 4.78 is 5.89. The number of likely N-dealkylation sites (N-methyl/N-ethyl adjacent to an activating group) is 1. The van der Waals surface area contributed by atoms with Crippen molar-refractivity contribution in [3.8, 4) is 0 Å². The first-order valence-corrected chi connectivity index (χ1v) is 9.69. The molecule has 27 heavy (non-hydrogen) atoms. The molecule has 7 heteroatoms. The van der Waals surface area contributed by atoms with Gasteiger partial charge in [0.15, 0.2) is 5.96 Å². The van der Waals surface area contributed by atoms with E-state index >= 15 is 0 Å². The summed E-state index contributed by atoms with van der Waals surface area (Å²) in [6.07, 6.45) is 4.08. The van der Waals surface area contributed by atoms with Gasteiger partial charge in [-0.05, 0) is 51.1 Å². The van der Waals surface area contributed by atoms with E-state index in [9.17, 15) is 4.79 Å². The van der Waals surface area contributed by atoms with E-state index in [0.717, 1.165) is 30.9 Å². The van der Waals surface area contributed by atoms with Crippen LogP contribution in [0.3, 0.4) is 0 Å². The lowest BCUT2D eigenvalue weighted by Crippen LogP contribution is -2.47. The van der Waals surface area contributed by atoms with E-state index in [0.29, 0.717) is 36.9 Å². The third kappa shape index (κ3) is 5.43. The number of carbonyl (C=O) groups excluding carboxylic acids is 1. The molecule has 0 spiro atoms. The fraction of sp³-hybridized carbons (Fsp3) is 0.600. The average Bonchev–Trinajstić information content (AvgIpc) is 3.28. The molecule has 1 aromatic rings. The molecule has 148 valence electrons. The molecule has 2 heterocycles. The smallest absolute Gasteiger partial charge is 0.251 e. The molecule has 0 saturated carbocycles. The molecular formula is C20H31N5O2. The van der Waals surface area contributed by atoms with Crippen LogP contribution in [0, 0.1) is 0 Å². The van der Waals surface area contributed by atoms with Crippen molar-refractivity contribution in [2.45, 2.75) is 44.1 Å². The average molecular weight is 374 g/mol. The zero-order chi connectivity index (χ0) is 19.2. The minimum atomic E-state index is -0.0414. The van der Waals surface area contributed by atoms with Gasteiger partial charge in [-0.25, -0.2) is 0 Å². The van der Waals surface area contributed by atoms with Crippen LogP contribution in [0.15, 0.2) is 29.3 Å². The highest BCUT2D eigenvalue weighted by Gasteiger charge is 2.41. The van der Waals surface area contributed by atoms with Crippen molar-refractivity contribution >= 4 is 11.9 Å². The predicted molar refractivity (Wildman–Crippen MR) is 107 cm³/mol. The monoisotopic (exact) mass is 373 g/mol. The molecule has 2 aliphatic heterocycles. The lowest BCUT2D eigenvalue weighted by molar-refractivity contribution is 0.0950. The molecule has 7 nitrogen and oxygen atoms in total. The van der Waals surface area contributed by atoms with E-state index < -0.39 is 0 Å². The van der Waals surface area contributed by atoms with Crippen LogP contribution in [-0.2, 0) is 11.3 Å². The second-order valence-electron chi connectivity index (χ2n) is 7.55. The Balaban J connectivity index is 1.49. The minimum absolute atomic E-state index is 0.0414. The number of rotatable bonds is 7. The number of hydrogen-bond acceptors (Lipinski definition) is 4. The molecule has 3 atom stereocenters. The molecule has 2 bridgehead atoms. The number of nitrogens with zero attached hydrogens (tertiary/aromatic N) is 2. The van der Waals surface area contributed by atoms with Crippen LogP contribution < -0.4 is 16.0 Å². The lowest BCUT2D eigenvalue weighted by Gasteiger charge is -2.22. The SMILES string of the molecule is CN=C(NCc1cccc(C(=O)NCCN(C)C)c1)NC1CC2CCC1O2. The molecule has 1 amide bonds. The molecule has 3 unspecified atom stereocenters. The fourth-order valence-electron chi connectivity index (χ4n) is 3.66. The van der Waals surface area contributed by atoms with Gasteiger partial charge in [0.1, 0.15) is 0 Å². The Morgan fingerprint density at radius 1 is 1.30 bits per heavy atom. The highest BCUT2D eigenvalue weighted by atomic mass is 16.5. The van der Waals surface area contributed by atoms with E-state index in [1.54, 1.807) is 7.05 Å². The summed E-state index contributed by atoms with van der Waals surface area (Å²) in [7, 11) is 5.75. The standard InChI is InChI=1S/C20H31N5O2/c1-21-20(24-17-12-16-7-8-18(17)27-16)23-13-14-5-4-6-15(11-14)19(26)22-9-10-25(2)3/h4-6,11,16-18H,7-10,12-13H2,1-3H3,(H,22,26)(H2,21,23,24). The minimum Gasteiger partial charge on any atom is -0.373 e. The van der Waals surface area contributed by atoms with Gasteiger partial charge in [0, 0.05) is 32.2 Å². The van der Waals surface area contributed by atoms with Gasteiger partial charge < -0.3 is 25.6 Å². The first kappa shape index (κ1) is 19.6. The van der Waals surface area contributed by atoms with Crippen LogP contribution in [0.2, 0.25) is 0 Å². The Kier molecular flexibility index (Phi) is 6.68. The number of amides is 1. The number of carbonyl (C=O) groups is 1. The summed E-state index contributed by atoms with van der Waals surface area (Å²) in [5.74, 6) is 0.734. The summed E-state index contributed by atoms with van der Waals surface area (Å²) in [5.41, 5.74) is 1.72. The van der Waals surface area contributed by atoms with Gasteiger partial charge >= 0.3 is 0 Å². The van der Waals surface area contributed by atoms with Crippen molar-refractivity contribution in [3.05, 3.63) is 35.4 Å². The van der Waals surface area contributed by atoms with Gasteiger partial charge in [0.25, 0.3) is 5.91 Å².